The number of sulfone groups is 1. The van der Waals surface area contributed by atoms with E-state index in [-0.39, 0.29) is 11.3 Å². The number of hydrogen-bond acceptors (Lipinski definition) is 4. The molecule has 1 aromatic heterocycles. The van der Waals surface area contributed by atoms with Gasteiger partial charge in [0.15, 0.2) is 9.84 Å². The van der Waals surface area contributed by atoms with E-state index < -0.39 is 9.84 Å². The largest absolute Gasteiger partial charge is 0.493 e. The van der Waals surface area contributed by atoms with Crippen molar-refractivity contribution in [1.82, 2.24) is 4.57 Å². The van der Waals surface area contributed by atoms with Gasteiger partial charge in [-0.3, -0.25) is 4.79 Å². The maximum absolute atomic E-state index is 12.6. The molecule has 0 radical (unpaired) electrons. The molecule has 4 rings (SSSR count). The van der Waals surface area contributed by atoms with Gasteiger partial charge in [0.2, 0.25) is 0 Å². The lowest BCUT2D eigenvalue weighted by molar-refractivity contribution is 0.301. The van der Waals surface area contributed by atoms with Crippen LogP contribution in [0.25, 0.3) is 21.9 Å². The van der Waals surface area contributed by atoms with Gasteiger partial charge in [-0.05, 0) is 60.0 Å². The SMILES string of the molecule is Cn1cc(-c2cc(CS(C)(=O)=O)ccc2OCC2CC2)c2cc(Cl)ccc2c1=O. The molecule has 0 aliphatic heterocycles. The molecule has 152 valence electrons. The number of aryl methyl sites for hydroxylation is 1. The standard InChI is InChI=1S/C22H22ClNO4S/c1-24-11-20(18-10-16(23)6-7-17(18)22(24)25)19-9-15(13-29(2,26)27)5-8-21(19)28-12-14-3-4-14/h5-11,14H,3-4,12-13H2,1-2H3. The zero-order chi connectivity index (χ0) is 20.8. The number of aromatic nitrogens is 1. The first-order chi connectivity index (χ1) is 13.7. The van der Waals surface area contributed by atoms with Crippen molar-refractivity contribution in [2.24, 2.45) is 13.0 Å². The molecule has 1 heterocycles. The highest BCUT2D eigenvalue weighted by Crippen LogP contribution is 2.38. The van der Waals surface area contributed by atoms with Gasteiger partial charge in [0, 0.05) is 41.0 Å². The van der Waals surface area contributed by atoms with Gasteiger partial charge in [-0.15, -0.1) is 0 Å². The molecule has 0 bridgehead atoms. The number of halogens is 1. The van der Waals surface area contributed by atoms with Crippen molar-refractivity contribution in [1.29, 1.82) is 0 Å². The molecule has 2 aromatic carbocycles. The maximum atomic E-state index is 12.6. The summed E-state index contributed by atoms with van der Waals surface area (Å²) in [6, 6.07) is 10.6. The molecule has 1 saturated carbocycles. The number of fused-ring (bicyclic) bond motifs is 1. The third-order valence-corrected chi connectivity index (χ3v) is 6.17. The lowest BCUT2D eigenvalue weighted by Gasteiger charge is -2.16. The van der Waals surface area contributed by atoms with Crippen LogP contribution in [0.5, 0.6) is 5.75 Å². The molecule has 0 N–H and O–H groups in total. The Morgan fingerprint density at radius 3 is 2.55 bits per heavy atom. The predicted octanol–water partition coefficient (Wildman–Crippen LogP) is 4.19. The minimum Gasteiger partial charge on any atom is -0.493 e. The molecule has 0 atom stereocenters. The van der Waals surface area contributed by atoms with E-state index >= 15 is 0 Å². The predicted molar refractivity (Wildman–Crippen MR) is 116 cm³/mol. The molecular weight excluding hydrogens is 410 g/mol. The van der Waals surface area contributed by atoms with Crippen LogP contribution in [-0.2, 0) is 22.6 Å². The summed E-state index contributed by atoms with van der Waals surface area (Å²) < 4.78 is 31.2. The summed E-state index contributed by atoms with van der Waals surface area (Å²) in [4.78, 5) is 12.6. The van der Waals surface area contributed by atoms with Crippen molar-refractivity contribution >= 4 is 32.2 Å². The molecule has 1 aliphatic rings. The number of pyridine rings is 1. The zero-order valence-electron chi connectivity index (χ0n) is 16.3. The second kappa shape index (κ2) is 7.50. The lowest BCUT2D eigenvalue weighted by Crippen LogP contribution is -2.16. The highest BCUT2D eigenvalue weighted by Gasteiger charge is 2.23. The van der Waals surface area contributed by atoms with Gasteiger partial charge in [0.1, 0.15) is 5.75 Å². The summed E-state index contributed by atoms with van der Waals surface area (Å²) in [7, 11) is -1.49. The summed E-state index contributed by atoms with van der Waals surface area (Å²) >= 11 is 6.22. The van der Waals surface area contributed by atoms with Gasteiger partial charge < -0.3 is 9.30 Å². The minimum absolute atomic E-state index is 0.0621. The van der Waals surface area contributed by atoms with Crippen molar-refractivity contribution < 1.29 is 13.2 Å². The first kappa shape index (κ1) is 20.0. The lowest BCUT2D eigenvalue weighted by atomic mass is 9.98. The molecule has 0 amide bonds. The summed E-state index contributed by atoms with van der Waals surface area (Å²) in [5.41, 5.74) is 2.10. The van der Waals surface area contributed by atoms with Crippen LogP contribution < -0.4 is 10.3 Å². The van der Waals surface area contributed by atoms with Crippen molar-refractivity contribution in [3.63, 3.8) is 0 Å². The topological polar surface area (TPSA) is 65.4 Å². The third kappa shape index (κ3) is 4.49. The molecule has 5 nitrogen and oxygen atoms in total. The Labute approximate surface area is 174 Å². The highest BCUT2D eigenvalue weighted by atomic mass is 35.5. The van der Waals surface area contributed by atoms with Crippen LogP contribution in [0.4, 0.5) is 0 Å². The van der Waals surface area contributed by atoms with Crippen LogP contribution in [-0.4, -0.2) is 25.8 Å². The second-order valence-corrected chi connectivity index (χ2v) is 10.4. The van der Waals surface area contributed by atoms with Crippen LogP contribution in [0.1, 0.15) is 18.4 Å². The van der Waals surface area contributed by atoms with Crippen molar-refractivity contribution in [3.05, 3.63) is 63.5 Å². The average Bonchev–Trinajstić information content (AvgIpc) is 3.46. The average molecular weight is 432 g/mol. The van der Waals surface area contributed by atoms with E-state index in [1.54, 1.807) is 37.5 Å². The van der Waals surface area contributed by atoms with Crippen LogP contribution in [0.2, 0.25) is 5.02 Å². The second-order valence-electron chi connectivity index (χ2n) is 7.80. The molecule has 7 heteroatoms. The molecule has 0 spiro atoms. The van der Waals surface area contributed by atoms with Crippen LogP contribution in [0.15, 0.2) is 47.4 Å². The first-order valence-electron chi connectivity index (χ1n) is 9.44. The zero-order valence-corrected chi connectivity index (χ0v) is 17.9. The molecule has 0 unspecified atom stereocenters. The van der Waals surface area contributed by atoms with E-state index in [1.807, 2.05) is 12.1 Å². The third-order valence-electron chi connectivity index (χ3n) is 5.08. The Kier molecular flexibility index (Phi) is 5.17. The fourth-order valence-corrected chi connectivity index (χ4v) is 4.41. The van der Waals surface area contributed by atoms with Gasteiger partial charge in [0.25, 0.3) is 5.56 Å². The molecular formula is C22H22ClNO4S. The Balaban J connectivity index is 1.93. The normalized spacial score (nSPS) is 14.3. The number of hydrogen-bond donors (Lipinski definition) is 0. The van der Waals surface area contributed by atoms with Crippen LogP contribution >= 0.6 is 11.6 Å². The monoisotopic (exact) mass is 431 g/mol. The van der Waals surface area contributed by atoms with Gasteiger partial charge in [-0.1, -0.05) is 17.7 Å². The van der Waals surface area contributed by atoms with E-state index in [2.05, 4.69) is 0 Å². The van der Waals surface area contributed by atoms with E-state index in [0.717, 1.165) is 11.1 Å². The molecule has 0 saturated heterocycles. The van der Waals surface area contributed by atoms with Crippen molar-refractivity contribution in [2.75, 3.05) is 12.9 Å². The molecule has 1 aliphatic carbocycles. The van der Waals surface area contributed by atoms with Crippen molar-refractivity contribution in [3.8, 4) is 16.9 Å². The Morgan fingerprint density at radius 2 is 1.86 bits per heavy atom. The van der Waals surface area contributed by atoms with E-state index in [9.17, 15) is 13.2 Å². The van der Waals surface area contributed by atoms with Crippen LogP contribution in [0, 0.1) is 5.92 Å². The van der Waals surface area contributed by atoms with Gasteiger partial charge >= 0.3 is 0 Å². The quantitative estimate of drug-likeness (QED) is 0.587. The fraction of sp³-hybridized carbons (Fsp3) is 0.318. The Hall–Kier alpha value is -2.31. The summed E-state index contributed by atoms with van der Waals surface area (Å²) in [5, 5.41) is 1.80. The van der Waals surface area contributed by atoms with Gasteiger partial charge in [-0.2, -0.15) is 0 Å². The number of nitrogens with zero attached hydrogens (tertiary/aromatic N) is 1. The minimum atomic E-state index is -3.19. The molecule has 1 fully saturated rings. The number of ether oxygens (including phenoxy) is 1. The van der Waals surface area contributed by atoms with Crippen LogP contribution in [0.3, 0.4) is 0 Å². The number of rotatable bonds is 6. The number of benzene rings is 2. The van der Waals surface area contributed by atoms with E-state index in [4.69, 9.17) is 16.3 Å². The van der Waals surface area contributed by atoms with E-state index in [0.29, 0.717) is 39.6 Å². The summed E-state index contributed by atoms with van der Waals surface area (Å²) in [5.74, 6) is 1.19. The smallest absolute Gasteiger partial charge is 0.258 e. The molecule has 3 aromatic rings. The molecule has 29 heavy (non-hydrogen) atoms. The summed E-state index contributed by atoms with van der Waals surface area (Å²) in [6.07, 6.45) is 5.30. The maximum Gasteiger partial charge on any atom is 0.258 e. The Bertz CT molecular complexity index is 1260. The first-order valence-corrected chi connectivity index (χ1v) is 11.9. The summed E-state index contributed by atoms with van der Waals surface area (Å²) in [6.45, 7) is 0.628. The van der Waals surface area contributed by atoms with Crippen molar-refractivity contribution in [2.45, 2.75) is 18.6 Å². The highest BCUT2D eigenvalue weighted by molar-refractivity contribution is 7.89. The van der Waals surface area contributed by atoms with E-state index in [1.165, 1.54) is 23.7 Å². The fourth-order valence-electron chi connectivity index (χ4n) is 3.45. The Morgan fingerprint density at radius 1 is 1.10 bits per heavy atom. The van der Waals surface area contributed by atoms with Gasteiger partial charge in [0.05, 0.1) is 12.4 Å². The van der Waals surface area contributed by atoms with Gasteiger partial charge in [-0.25, -0.2) is 8.42 Å².